The van der Waals surface area contributed by atoms with Crippen LogP contribution >= 0.6 is 22.9 Å². The van der Waals surface area contributed by atoms with E-state index in [0.717, 1.165) is 39.4 Å². The van der Waals surface area contributed by atoms with Gasteiger partial charge in [0.05, 0.1) is 4.88 Å². The Morgan fingerprint density at radius 1 is 1.23 bits per heavy atom. The largest absolute Gasteiger partial charge is 0.380 e. The van der Waals surface area contributed by atoms with Gasteiger partial charge in [0.15, 0.2) is 5.82 Å². The van der Waals surface area contributed by atoms with Crippen molar-refractivity contribution in [2.75, 3.05) is 26.0 Å². The molecule has 3 heterocycles. The van der Waals surface area contributed by atoms with Crippen LogP contribution in [0.4, 0.5) is 5.82 Å². The number of aliphatic hydroxyl groups is 1. The Labute approximate surface area is 213 Å². The van der Waals surface area contributed by atoms with Gasteiger partial charge in [-0.05, 0) is 74.9 Å². The number of nitrogens with zero attached hydrogens (tertiary/aromatic N) is 4. The molecule has 0 saturated heterocycles. The smallest absolute Gasteiger partial charge is 0.222 e. The zero-order valence-corrected chi connectivity index (χ0v) is 21.3. The predicted molar refractivity (Wildman–Crippen MR) is 139 cm³/mol. The molecule has 0 radical (unpaired) electrons. The molecular weight excluding hydrogens is 484 g/mol. The fourth-order valence-corrected chi connectivity index (χ4v) is 5.28. The lowest BCUT2D eigenvalue weighted by atomic mass is 9.82. The molecule has 0 aliphatic carbocycles. The van der Waals surface area contributed by atoms with Crippen molar-refractivity contribution in [3.05, 3.63) is 71.1 Å². The molecule has 1 aromatic carbocycles. The molecule has 0 spiro atoms. The number of aromatic amines is 1. The molecule has 0 saturated carbocycles. The Balaban J connectivity index is 1.85. The van der Waals surface area contributed by atoms with Gasteiger partial charge in [-0.25, -0.2) is 4.98 Å². The molecule has 0 aliphatic heterocycles. The molecule has 4 aromatic rings. The van der Waals surface area contributed by atoms with Gasteiger partial charge in [-0.1, -0.05) is 23.7 Å². The van der Waals surface area contributed by atoms with Gasteiger partial charge in [-0.3, -0.25) is 4.79 Å². The van der Waals surface area contributed by atoms with E-state index in [-0.39, 0.29) is 5.91 Å². The van der Waals surface area contributed by atoms with Gasteiger partial charge >= 0.3 is 0 Å². The maximum atomic E-state index is 12.3. The lowest BCUT2D eigenvalue weighted by Gasteiger charge is -2.30. The topological polar surface area (TPSA) is 107 Å². The van der Waals surface area contributed by atoms with Crippen LogP contribution in [0.25, 0.3) is 21.1 Å². The molecule has 3 aromatic heterocycles. The lowest BCUT2D eigenvalue weighted by molar-refractivity contribution is -0.114. The van der Waals surface area contributed by atoms with E-state index in [0.29, 0.717) is 23.1 Å². The van der Waals surface area contributed by atoms with Crippen LogP contribution in [0.1, 0.15) is 30.9 Å². The first-order valence-corrected chi connectivity index (χ1v) is 12.3. The Morgan fingerprint density at radius 3 is 2.66 bits per heavy atom. The van der Waals surface area contributed by atoms with Crippen LogP contribution in [-0.4, -0.2) is 56.7 Å². The standard InChI is InChI=1S/C25H27ClN6O2S/c1-16(33)30-22-13-17(9-11-27-22)21-14-20(23(35-21)24-28-15-29-31-24)25(34,10-4-12-32(2)3)18-5-7-19(26)8-6-18/h5-9,11,13-15,34H,4,10,12H2,1-3H3,(H,27,30,33)(H,28,29,31). The fourth-order valence-electron chi connectivity index (χ4n) is 3.98. The fraction of sp³-hybridized carbons (Fsp3) is 0.280. The third kappa shape index (κ3) is 5.76. The average molecular weight is 511 g/mol. The summed E-state index contributed by atoms with van der Waals surface area (Å²) in [4.78, 5) is 22.6. The van der Waals surface area contributed by atoms with Gasteiger partial charge in [-0.15, -0.1) is 21.5 Å². The van der Waals surface area contributed by atoms with Crippen molar-refractivity contribution < 1.29 is 9.90 Å². The highest BCUT2D eigenvalue weighted by atomic mass is 35.5. The van der Waals surface area contributed by atoms with Gasteiger partial charge in [0, 0.05) is 28.6 Å². The number of pyridine rings is 1. The van der Waals surface area contributed by atoms with Crippen LogP contribution in [0.3, 0.4) is 0 Å². The molecule has 3 N–H and O–H groups in total. The van der Waals surface area contributed by atoms with Crippen molar-refractivity contribution in [1.82, 2.24) is 25.1 Å². The van der Waals surface area contributed by atoms with Gasteiger partial charge < -0.3 is 20.3 Å². The van der Waals surface area contributed by atoms with E-state index >= 15 is 0 Å². The molecule has 0 bridgehead atoms. The highest BCUT2D eigenvalue weighted by Gasteiger charge is 2.36. The van der Waals surface area contributed by atoms with E-state index in [1.807, 2.05) is 44.4 Å². The average Bonchev–Trinajstić information content (AvgIpc) is 3.49. The lowest BCUT2D eigenvalue weighted by Crippen LogP contribution is -2.29. The minimum atomic E-state index is -1.29. The highest BCUT2D eigenvalue weighted by Crippen LogP contribution is 2.46. The van der Waals surface area contributed by atoms with E-state index in [2.05, 4.69) is 30.4 Å². The molecule has 8 nitrogen and oxygen atoms in total. The molecule has 4 rings (SSSR count). The van der Waals surface area contributed by atoms with E-state index in [4.69, 9.17) is 11.6 Å². The number of thiophene rings is 1. The van der Waals surface area contributed by atoms with Crippen molar-refractivity contribution in [3.8, 4) is 21.1 Å². The minimum Gasteiger partial charge on any atom is -0.380 e. The number of benzene rings is 1. The normalized spacial score (nSPS) is 13.1. The molecule has 1 unspecified atom stereocenters. The molecule has 0 aliphatic rings. The van der Waals surface area contributed by atoms with Gasteiger partial charge in [0.25, 0.3) is 0 Å². The van der Waals surface area contributed by atoms with Crippen LogP contribution in [0.15, 0.2) is 55.0 Å². The number of nitrogens with one attached hydrogen (secondary N) is 2. The maximum absolute atomic E-state index is 12.3. The number of carbonyl (C=O) groups is 1. The molecule has 10 heteroatoms. The van der Waals surface area contributed by atoms with Gasteiger partial charge in [-0.2, -0.15) is 0 Å². The third-order valence-electron chi connectivity index (χ3n) is 5.62. The number of anilines is 1. The number of carbonyl (C=O) groups excluding carboxylic acids is 1. The Hall–Kier alpha value is -3.11. The summed E-state index contributed by atoms with van der Waals surface area (Å²) in [6.45, 7) is 2.27. The molecule has 0 fully saturated rings. The highest BCUT2D eigenvalue weighted by molar-refractivity contribution is 7.19. The SMILES string of the molecule is CC(=O)Nc1cc(-c2cc(C(O)(CCCN(C)C)c3ccc(Cl)cc3)c(-c3nnc[nH]3)s2)ccn1. The van der Waals surface area contributed by atoms with E-state index in [9.17, 15) is 9.90 Å². The van der Waals surface area contributed by atoms with E-state index in [1.54, 1.807) is 18.3 Å². The summed E-state index contributed by atoms with van der Waals surface area (Å²) in [5.41, 5.74) is 1.06. The summed E-state index contributed by atoms with van der Waals surface area (Å²) < 4.78 is 0. The van der Waals surface area contributed by atoms with Gasteiger partial charge in [0.2, 0.25) is 5.91 Å². The third-order valence-corrected chi connectivity index (χ3v) is 7.07. The molecule has 182 valence electrons. The summed E-state index contributed by atoms with van der Waals surface area (Å²) in [6, 6.07) is 13.0. The molecule has 35 heavy (non-hydrogen) atoms. The second-order valence-corrected chi connectivity index (χ2v) is 10.1. The molecule has 1 amide bonds. The van der Waals surface area contributed by atoms with E-state index < -0.39 is 5.60 Å². The summed E-state index contributed by atoms with van der Waals surface area (Å²) in [5.74, 6) is 0.847. The number of rotatable bonds is 9. The summed E-state index contributed by atoms with van der Waals surface area (Å²) in [7, 11) is 4.03. The summed E-state index contributed by atoms with van der Waals surface area (Å²) >= 11 is 7.65. The maximum Gasteiger partial charge on any atom is 0.222 e. The van der Waals surface area contributed by atoms with Crippen LogP contribution in [0.2, 0.25) is 5.02 Å². The van der Waals surface area contributed by atoms with Crippen LogP contribution in [0, 0.1) is 0 Å². The molecular formula is C25H27ClN6O2S. The Morgan fingerprint density at radius 2 is 2.00 bits per heavy atom. The van der Waals surface area contributed by atoms with Gasteiger partial charge in [0.1, 0.15) is 17.7 Å². The van der Waals surface area contributed by atoms with Crippen LogP contribution < -0.4 is 5.32 Å². The minimum absolute atomic E-state index is 0.193. The van der Waals surface area contributed by atoms with Crippen LogP contribution in [-0.2, 0) is 10.4 Å². The number of halogens is 1. The van der Waals surface area contributed by atoms with Crippen molar-refractivity contribution in [2.45, 2.75) is 25.4 Å². The van der Waals surface area contributed by atoms with Crippen LogP contribution in [0.5, 0.6) is 0 Å². The summed E-state index contributed by atoms with van der Waals surface area (Å²) in [5, 5.41) is 23.8. The first-order chi connectivity index (χ1) is 16.8. The zero-order valence-electron chi connectivity index (χ0n) is 19.7. The van der Waals surface area contributed by atoms with Crippen molar-refractivity contribution in [3.63, 3.8) is 0 Å². The second-order valence-electron chi connectivity index (χ2n) is 8.58. The van der Waals surface area contributed by atoms with Crippen molar-refractivity contribution >= 4 is 34.7 Å². The second kappa shape index (κ2) is 10.7. The number of amides is 1. The summed E-state index contributed by atoms with van der Waals surface area (Å²) in [6.07, 6.45) is 4.44. The van der Waals surface area contributed by atoms with Crippen molar-refractivity contribution in [1.29, 1.82) is 0 Å². The number of H-pyrrole nitrogens is 1. The van der Waals surface area contributed by atoms with Crippen molar-refractivity contribution in [2.24, 2.45) is 0 Å². The number of hydrogen-bond acceptors (Lipinski definition) is 7. The Bertz CT molecular complexity index is 1290. The monoisotopic (exact) mass is 510 g/mol. The predicted octanol–water partition coefficient (Wildman–Crippen LogP) is 4.78. The molecule has 1 atom stereocenters. The quantitative estimate of drug-likeness (QED) is 0.299. The first-order valence-electron chi connectivity index (χ1n) is 11.1. The first kappa shape index (κ1) is 25.0. The van der Waals surface area contributed by atoms with E-state index in [1.165, 1.54) is 24.6 Å². The number of hydrogen-bond donors (Lipinski definition) is 3. The zero-order chi connectivity index (χ0) is 25.0. The number of aromatic nitrogens is 4. The Kier molecular flexibility index (Phi) is 7.61.